The second-order valence-electron chi connectivity index (χ2n) is 5.40. The Balaban J connectivity index is 1.90. The molecule has 0 saturated carbocycles. The molecule has 0 spiro atoms. The predicted octanol–water partition coefficient (Wildman–Crippen LogP) is 3.09. The quantitative estimate of drug-likeness (QED) is 0.434. The molecule has 2 rings (SSSR count). The number of nitrogens with zero attached hydrogens (tertiary/aromatic N) is 2. The molecule has 0 saturated heterocycles. The molecule has 8 nitrogen and oxygen atoms in total. The van der Waals surface area contributed by atoms with E-state index in [1.54, 1.807) is 19.1 Å². The van der Waals surface area contributed by atoms with Crippen LogP contribution in [0.1, 0.15) is 21.5 Å². The molecule has 0 radical (unpaired) electrons. The molecule has 0 unspecified atom stereocenters. The van der Waals surface area contributed by atoms with Crippen LogP contribution in [0.15, 0.2) is 41.5 Å². The van der Waals surface area contributed by atoms with Gasteiger partial charge in [-0.05, 0) is 25.1 Å². The van der Waals surface area contributed by atoms with Crippen LogP contribution in [-0.2, 0) is 4.79 Å². The van der Waals surface area contributed by atoms with Gasteiger partial charge in [0.15, 0.2) is 0 Å². The van der Waals surface area contributed by atoms with Crippen LogP contribution >= 0.6 is 23.2 Å². The number of nitro benzene ring substituents is 1. The largest absolute Gasteiger partial charge is 0.343 e. The maximum Gasteiger partial charge on any atom is 0.273 e. The van der Waals surface area contributed by atoms with Crippen molar-refractivity contribution >= 4 is 46.9 Å². The lowest BCUT2D eigenvalue weighted by molar-refractivity contribution is -0.385. The zero-order valence-corrected chi connectivity index (χ0v) is 15.5. The van der Waals surface area contributed by atoms with E-state index < -0.39 is 16.7 Å². The third-order valence-corrected chi connectivity index (χ3v) is 4.00. The molecular formula is C17H14Cl2N4O4. The average molecular weight is 409 g/mol. The Kier molecular flexibility index (Phi) is 6.86. The highest BCUT2D eigenvalue weighted by atomic mass is 35.5. The fourth-order valence-electron chi connectivity index (χ4n) is 2.03. The minimum Gasteiger partial charge on any atom is -0.343 e. The topological polar surface area (TPSA) is 114 Å². The van der Waals surface area contributed by atoms with Gasteiger partial charge in [0.1, 0.15) is 0 Å². The van der Waals surface area contributed by atoms with Crippen molar-refractivity contribution in [2.45, 2.75) is 6.92 Å². The zero-order chi connectivity index (χ0) is 20.0. The molecule has 0 heterocycles. The van der Waals surface area contributed by atoms with E-state index in [9.17, 15) is 19.7 Å². The van der Waals surface area contributed by atoms with Crippen molar-refractivity contribution in [2.75, 3.05) is 6.54 Å². The molecule has 2 aromatic carbocycles. The number of rotatable bonds is 6. The highest BCUT2D eigenvalue weighted by Gasteiger charge is 2.15. The molecule has 27 heavy (non-hydrogen) atoms. The van der Waals surface area contributed by atoms with Crippen molar-refractivity contribution in [2.24, 2.45) is 5.10 Å². The van der Waals surface area contributed by atoms with Gasteiger partial charge in [-0.15, -0.1) is 0 Å². The number of carbonyl (C=O) groups excluding carboxylic acids is 2. The van der Waals surface area contributed by atoms with Crippen LogP contribution in [0, 0.1) is 17.0 Å². The number of nitrogens with one attached hydrogen (secondary N) is 2. The van der Waals surface area contributed by atoms with E-state index in [-0.39, 0.29) is 17.8 Å². The summed E-state index contributed by atoms with van der Waals surface area (Å²) < 4.78 is 0. The normalized spacial score (nSPS) is 10.6. The van der Waals surface area contributed by atoms with E-state index in [1.165, 1.54) is 24.4 Å². The Labute approximate surface area is 164 Å². The first-order valence-corrected chi connectivity index (χ1v) is 8.33. The van der Waals surface area contributed by atoms with Gasteiger partial charge in [-0.2, -0.15) is 5.10 Å². The second-order valence-corrected chi connectivity index (χ2v) is 6.24. The van der Waals surface area contributed by atoms with Crippen LogP contribution in [0.2, 0.25) is 10.0 Å². The third-order valence-electron chi connectivity index (χ3n) is 3.43. The Bertz CT molecular complexity index is 931. The highest BCUT2D eigenvalue weighted by Crippen LogP contribution is 2.20. The molecule has 10 heteroatoms. The first-order valence-electron chi connectivity index (χ1n) is 7.58. The monoisotopic (exact) mass is 408 g/mol. The van der Waals surface area contributed by atoms with Crippen LogP contribution in [-0.4, -0.2) is 29.5 Å². The number of hydrogen-bond acceptors (Lipinski definition) is 5. The van der Waals surface area contributed by atoms with Crippen molar-refractivity contribution < 1.29 is 14.5 Å². The molecular weight excluding hydrogens is 395 g/mol. The van der Waals surface area contributed by atoms with Crippen LogP contribution in [0.25, 0.3) is 0 Å². The molecule has 140 valence electrons. The van der Waals surface area contributed by atoms with E-state index in [0.717, 1.165) is 6.07 Å². The van der Waals surface area contributed by atoms with E-state index in [0.29, 0.717) is 21.2 Å². The number of hydrogen-bond donors (Lipinski definition) is 2. The van der Waals surface area contributed by atoms with Crippen molar-refractivity contribution in [1.82, 2.24) is 10.7 Å². The van der Waals surface area contributed by atoms with Gasteiger partial charge in [0.2, 0.25) is 0 Å². The highest BCUT2D eigenvalue weighted by molar-refractivity contribution is 6.36. The van der Waals surface area contributed by atoms with Gasteiger partial charge in [0.25, 0.3) is 17.5 Å². The Morgan fingerprint density at radius 3 is 2.63 bits per heavy atom. The fourth-order valence-corrected chi connectivity index (χ4v) is 2.49. The molecule has 2 aromatic rings. The van der Waals surface area contributed by atoms with Crippen molar-refractivity contribution in [3.63, 3.8) is 0 Å². The lowest BCUT2D eigenvalue weighted by Crippen LogP contribution is -2.34. The molecule has 0 aromatic heterocycles. The second kappa shape index (κ2) is 9.11. The number of benzene rings is 2. The number of amides is 2. The lowest BCUT2D eigenvalue weighted by Gasteiger charge is -2.05. The number of nitro groups is 1. The molecule has 2 amide bonds. The number of hydrazone groups is 1. The predicted molar refractivity (Wildman–Crippen MR) is 102 cm³/mol. The summed E-state index contributed by atoms with van der Waals surface area (Å²) in [6.45, 7) is 1.21. The summed E-state index contributed by atoms with van der Waals surface area (Å²) in [5.74, 6) is -1.19. The fraction of sp³-hybridized carbons (Fsp3) is 0.118. The Hall–Kier alpha value is -2.97. The van der Waals surface area contributed by atoms with Crippen LogP contribution in [0.4, 0.5) is 5.69 Å². The molecule has 0 aliphatic carbocycles. The Morgan fingerprint density at radius 1 is 1.22 bits per heavy atom. The smallest absolute Gasteiger partial charge is 0.273 e. The van der Waals surface area contributed by atoms with Crippen LogP contribution < -0.4 is 10.7 Å². The van der Waals surface area contributed by atoms with Crippen LogP contribution in [0.3, 0.4) is 0 Å². The summed E-state index contributed by atoms with van der Waals surface area (Å²) in [4.78, 5) is 34.1. The molecule has 2 N–H and O–H groups in total. The summed E-state index contributed by atoms with van der Waals surface area (Å²) in [6, 6.07) is 8.85. The molecule has 0 aliphatic rings. The average Bonchev–Trinajstić information content (AvgIpc) is 2.61. The third kappa shape index (κ3) is 5.77. The SMILES string of the molecule is Cc1ccc(C(=O)NCC(=O)N/N=C/c2ccc(Cl)cc2Cl)cc1[N+](=O)[O-]. The minimum absolute atomic E-state index is 0.0801. The van der Waals surface area contributed by atoms with E-state index in [1.807, 2.05) is 0 Å². The van der Waals surface area contributed by atoms with Gasteiger partial charge in [-0.25, -0.2) is 5.43 Å². The first kappa shape index (κ1) is 20.3. The number of aryl methyl sites for hydroxylation is 1. The summed E-state index contributed by atoms with van der Waals surface area (Å²) in [7, 11) is 0. The van der Waals surface area contributed by atoms with Crippen molar-refractivity contribution in [3.8, 4) is 0 Å². The van der Waals surface area contributed by atoms with Gasteiger partial charge in [0, 0.05) is 27.8 Å². The van der Waals surface area contributed by atoms with E-state index >= 15 is 0 Å². The van der Waals surface area contributed by atoms with Gasteiger partial charge < -0.3 is 5.32 Å². The van der Waals surface area contributed by atoms with Crippen molar-refractivity contribution in [1.29, 1.82) is 0 Å². The summed E-state index contributed by atoms with van der Waals surface area (Å²) in [5.41, 5.74) is 3.13. The molecule has 0 bridgehead atoms. The standard InChI is InChI=1S/C17H14Cl2N4O4/c1-10-2-3-11(6-15(10)23(26)27)17(25)20-9-16(24)22-21-8-12-4-5-13(18)7-14(12)19/h2-8H,9H2,1H3,(H,20,25)(H,22,24)/b21-8+. The summed E-state index contributed by atoms with van der Waals surface area (Å²) in [5, 5.41) is 17.9. The summed E-state index contributed by atoms with van der Waals surface area (Å²) >= 11 is 11.8. The van der Waals surface area contributed by atoms with Crippen LogP contribution in [0.5, 0.6) is 0 Å². The van der Waals surface area contributed by atoms with Gasteiger partial charge in [0.05, 0.1) is 22.7 Å². The maximum absolute atomic E-state index is 12.0. The minimum atomic E-state index is -0.613. The molecule has 0 aliphatic heterocycles. The number of carbonyl (C=O) groups is 2. The molecule has 0 atom stereocenters. The summed E-state index contributed by atoms with van der Waals surface area (Å²) in [6.07, 6.45) is 1.34. The van der Waals surface area contributed by atoms with Gasteiger partial charge >= 0.3 is 0 Å². The Morgan fingerprint density at radius 2 is 1.96 bits per heavy atom. The van der Waals surface area contributed by atoms with Gasteiger partial charge in [-0.3, -0.25) is 19.7 Å². The zero-order valence-electron chi connectivity index (χ0n) is 14.0. The lowest BCUT2D eigenvalue weighted by atomic mass is 10.1. The van der Waals surface area contributed by atoms with Crippen molar-refractivity contribution in [3.05, 3.63) is 73.2 Å². The molecule has 0 fully saturated rings. The maximum atomic E-state index is 12.0. The first-order chi connectivity index (χ1) is 12.8. The number of halogens is 2. The van der Waals surface area contributed by atoms with Gasteiger partial charge in [-0.1, -0.05) is 35.3 Å². The van der Waals surface area contributed by atoms with E-state index in [4.69, 9.17) is 23.2 Å². The van der Waals surface area contributed by atoms with E-state index in [2.05, 4.69) is 15.8 Å².